The van der Waals surface area contributed by atoms with Crippen molar-refractivity contribution in [3.8, 4) is 5.75 Å². The maximum Gasteiger partial charge on any atom is 0.321 e. The van der Waals surface area contributed by atoms with Crippen molar-refractivity contribution in [2.45, 2.75) is 32.4 Å². The molecule has 4 rings (SSSR count). The number of aliphatic hydroxyl groups excluding tert-OH is 1. The van der Waals surface area contributed by atoms with Crippen molar-refractivity contribution in [2.75, 3.05) is 37.4 Å². The Morgan fingerprint density at radius 3 is 2.44 bits per heavy atom. The summed E-state index contributed by atoms with van der Waals surface area (Å²) in [7, 11) is 1.62. The highest BCUT2D eigenvalue weighted by atomic mass is 19.1. The number of hydrogen-bond acceptors (Lipinski definition) is 5. The topological polar surface area (TPSA) is 111 Å². The van der Waals surface area contributed by atoms with E-state index < -0.39 is 24.0 Å². The van der Waals surface area contributed by atoms with Gasteiger partial charge in [-0.3, -0.25) is 9.59 Å². The Kier molecular flexibility index (Phi) is 9.57. The third kappa shape index (κ3) is 7.61. The van der Waals surface area contributed by atoms with Crippen molar-refractivity contribution in [3.63, 3.8) is 0 Å². The number of ether oxygens (including phenoxy) is 1. The van der Waals surface area contributed by atoms with Crippen LogP contribution in [-0.2, 0) is 11.2 Å². The molecular formula is C31H35FN4O5. The summed E-state index contributed by atoms with van der Waals surface area (Å²) in [5, 5.41) is 15.5. The van der Waals surface area contributed by atoms with Crippen LogP contribution in [-0.4, -0.2) is 71.6 Å². The van der Waals surface area contributed by atoms with Crippen molar-refractivity contribution < 1.29 is 28.6 Å². The number of anilines is 2. The van der Waals surface area contributed by atoms with E-state index in [1.807, 2.05) is 37.3 Å². The fraction of sp³-hybridized carbons (Fsp3) is 0.323. The van der Waals surface area contributed by atoms with Crippen molar-refractivity contribution in [2.24, 2.45) is 5.92 Å². The van der Waals surface area contributed by atoms with Crippen LogP contribution in [0.4, 0.5) is 20.6 Å². The van der Waals surface area contributed by atoms with E-state index in [9.17, 15) is 23.9 Å². The van der Waals surface area contributed by atoms with Gasteiger partial charge >= 0.3 is 6.03 Å². The highest BCUT2D eigenvalue weighted by Gasteiger charge is 2.34. The minimum absolute atomic E-state index is 0.182. The third-order valence-electron chi connectivity index (χ3n) is 7.05. The van der Waals surface area contributed by atoms with Crippen LogP contribution in [0, 0.1) is 11.7 Å². The lowest BCUT2D eigenvalue weighted by Crippen LogP contribution is -2.50. The van der Waals surface area contributed by atoms with Gasteiger partial charge in [0.15, 0.2) is 0 Å². The van der Waals surface area contributed by atoms with Crippen LogP contribution in [0.1, 0.15) is 29.8 Å². The van der Waals surface area contributed by atoms with Crippen molar-refractivity contribution in [1.82, 2.24) is 9.80 Å². The van der Waals surface area contributed by atoms with Crippen LogP contribution in [0.5, 0.6) is 5.75 Å². The Morgan fingerprint density at radius 1 is 1.07 bits per heavy atom. The van der Waals surface area contributed by atoms with E-state index in [4.69, 9.17) is 4.74 Å². The monoisotopic (exact) mass is 562 g/mol. The minimum atomic E-state index is -0.502. The molecule has 4 amide bonds. The summed E-state index contributed by atoms with van der Waals surface area (Å²) in [6, 6.07) is 18.8. The quantitative estimate of drug-likeness (QED) is 0.377. The van der Waals surface area contributed by atoms with Crippen LogP contribution < -0.4 is 15.4 Å². The summed E-state index contributed by atoms with van der Waals surface area (Å²) in [6.45, 7) is 3.92. The highest BCUT2D eigenvalue weighted by Crippen LogP contribution is 2.31. The average Bonchev–Trinajstić information content (AvgIpc) is 2.96. The Balaban J connectivity index is 1.54. The molecule has 0 saturated carbocycles. The molecule has 3 N–H and O–H groups in total. The van der Waals surface area contributed by atoms with Crippen LogP contribution in [0.3, 0.4) is 0 Å². The van der Waals surface area contributed by atoms with Gasteiger partial charge in [-0.2, -0.15) is 0 Å². The molecule has 0 aromatic heterocycles. The molecule has 3 aromatic rings. The number of carbonyl (C=O) groups is 3. The molecule has 0 radical (unpaired) electrons. The number of benzene rings is 3. The maximum absolute atomic E-state index is 13.6. The zero-order valence-electron chi connectivity index (χ0n) is 23.3. The molecule has 0 saturated heterocycles. The van der Waals surface area contributed by atoms with Crippen molar-refractivity contribution >= 4 is 29.2 Å². The zero-order chi connectivity index (χ0) is 29.5. The van der Waals surface area contributed by atoms with Gasteiger partial charge in [0.05, 0.1) is 31.2 Å². The number of aliphatic hydroxyl groups is 1. The number of hydrogen-bond donors (Lipinski definition) is 3. The fourth-order valence-corrected chi connectivity index (χ4v) is 4.61. The predicted molar refractivity (Wildman–Crippen MR) is 154 cm³/mol. The van der Waals surface area contributed by atoms with Gasteiger partial charge in [0.2, 0.25) is 5.91 Å². The summed E-state index contributed by atoms with van der Waals surface area (Å²) in [6.07, 6.45) is -0.320. The van der Waals surface area contributed by atoms with Gasteiger partial charge in [-0.15, -0.1) is 0 Å². The second-order valence-electron chi connectivity index (χ2n) is 10.4. The number of likely N-dealkylation sites (N-methyl/N-ethyl adjacent to an activating group) is 1. The van der Waals surface area contributed by atoms with Gasteiger partial charge in [-0.1, -0.05) is 37.3 Å². The Bertz CT molecular complexity index is 1370. The molecule has 0 fully saturated rings. The van der Waals surface area contributed by atoms with E-state index in [0.717, 1.165) is 5.56 Å². The SMILES string of the molecule is C[C@H](CO)N1C[C@H](C)[C@H](CN(C)C(=O)Nc2ccc(F)cc2)Oc2ccc(NC(=O)Cc3ccccc3)cc2C1=O. The number of rotatable bonds is 8. The molecule has 0 unspecified atom stereocenters. The summed E-state index contributed by atoms with van der Waals surface area (Å²) in [5.41, 5.74) is 2.01. The molecule has 3 atom stereocenters. The third-order valence-corrected chi connectivity index (χ3v) is 7.05. The first-order valence-corrected chi connectivity index (χ1v) is 13.5. The second-order valence-corrected chi connectivity index (χ2v) is 10.4. The summed E-state index contributed by atoms with van der Waals surface area (Å²) in [4.78, 5) is 42.2. The molecule has 41 heavy (non-hydrogen) atoms. The molecular weight excluding hydrogens is 527 g/mol. The van der Waals surface area contributed by atoms with Gasteiger partial charge in [-0.25, -0.2) is 9.18 Å². The molecule has 216 valence electrons. The van der Waals surface area contributed by atoms with E-state index in [1.54, 1.807) is 37.1 Å². The fourth-order valence-electron chi connectivity index (χ4n) is 4.61. The van der Waals surface area contributed by atoms with E-state index in [-0.39, 0.29) is 49.4 Å². The van der Waals surface area contributed by atoms with E-state index in [2.05, 4.69) is 10.6 Å². The van der Waals surface area contributed by atoms with Crippen LogP contribution in [0.25, 0.3) is 0 Å². The maximum atomic E-state index is 13.6. The Morgan fingerprint density at radius 2 is 1.76 bits per heavy atom. The first-order valence-electron chi connectivity index (χ1n) is 13.5. The lowest BCUT2D eigenvalue weighted by molar-refractivity contribution is -0.115. The second kappa shape index (κ2) is 13.3. The summed E-state index contributed by atoms with van der Waals surface area (Å²) < 4.78 is 19.6. The average molecular weight is 563 g/mol. The van der Waals surface area contributed by atoms with Crippen molar-refractivity contribution in [1.29, 1.82) is 0 Å². The molecule has 3 aromatic carbocycles. The molecule has 1 aliphatic heterocycles. The lowest BCUT2D eigenvalue weighted by atomic mass is 9.99. The zero-order valence-corrected chi connectivity index (χ0v) is 23.3. The molecule has 10 heteroatoms. The van der Waals surface area contributed by atoms with E-state index in [1.165, 1.54) is 29.2 Å². The molecule has 0 bridgehead atoms. The molecule has 0 aliphatic carbocycles. The predicted octanol–water partition coefficient (Wildman–Crippen LogP) is 4.39. The number of amides is 4. The molecule has 1 heterocycles. The van der Waals surface area contributed by atoms with Crippen LogP contribution in [0.2, 0.25) is 0 Å². The smallest absolute Gasteiger partial charge is 0.321 e. The largest absolute Gasteiger partial charge is 0.487 e. The summed E-state index contributed by atoms with van der Waals surface area (Å²) >= 11 is 0. The van der Waals surface area contributed by atoms with Gasteiger partial charge in [0.25, 0.3) is 5.91 Å². The van der Waals surface area contributed by atoms with E-state index in [0.29, 0.717) is 17.1 Å². The first kappa shape index (κ1) is 29.5. The molecule has 0 spiro atoms. The lowest BCUT2D eigenvalue weighted by Gasteiger charge is -2.38. The number of urea groups is 1. The standard InChI is InChI=1S/C31H35FN4O5/c1-20-17-36(21(2)19-37)30(39)26-16-25(33-29(38)15-22-7-5-4-6-8-22)13-14-27(26)41-28(20)18-35(3)31(40)34-24-11-9-23(32)10-12-24/h4-14,16,20-21,28,37H,15,17-19H2,1-3H3,(H,33,38)(H,34,40)/t20-,21+,28-/m0/s1. The minimum Gasteiger partial charge on any atom is -0.487 e. The molecule has 1 aliphatic rings. The van der Waals surface area contributed by atoms with Gasteiger partial charge in [-0.05, 0) is 55.0 Å². The van der Waals surface area contributed by atoms with E-state index >= 15 is 0 Å². The number of nitrogens with zero attached hydrogens (tertiary/aromatic N) is 2. The number of nitrogens with one attached hydrogen (secondary N) is 2. The highest BCUT2D eigenvalue weighted by molar-refractivity contribution is 6.00. The van der Waals surface area contributed by atoms with Gasteiger partial charge in [0, 0.05) is 30.9 Å². The van der Waals surface area contributed by atoms with Crippen LogP contribution in [0.15, 0.2) is 72.8 Å². The number of carbonyl (C=O) groups excluding carboxylic acids is 3. The number of halogens is 1. The Hall–Kier alpha value is -4.44. The van der Waals surface area contributed by atoms with Crippen molar-refractivity contribution in [3.05, 3.63) is 89.7 Å². The van der Waals surface area contributed by atoms with Gasteiger partial charge < -0.3 is 30.3 Å². The van der Waals surface area contributed by atoms with Gasteiger partial charge in [0.1, 0.15) is 17.7 Å². The normalized spacial score (nSPS) is 17.4. The van der Waals surface area contributed by atoms with Crippen LogP contribution >= 0.6 is 0 Å². The Labute approximate surface area is 238 Å². The number of fused-ring (bicyclic) bond motifs is 1. The summed E-state index contributed by atoms with van der Waals surface area (Å²) in [5.74, 6) is -0.839. The first-order chi connectivity index (χ1) is 19.6. The molecule has 9 nitrogen and oxygen atoms in total.